The molecule has 0 aliphatic heterocycles. The first kappa shape index (κ1) is 11.5. The summed E-state index contributed by atoms with van der Waals surface area (Å²) in [5, 5.41) is 0.0729. The molecule has 1 aromatic carbocycles. The van der Waals surface area contributed by atoms with Gasteiger partial charge < -0.3 is 0 Å². The Bertz CT molecular complexity index is 296. The van der Waals surface area contributed by atoms with Crippen molar-refractivity contribution in [2.45, 2.75) is 45.1 Å². The quantitative estimate of drug-likeness (QED) is 0.658. The van der Waals surface area contributed by atoms with Crippen molar-refractivity contribution in [2.75, 3.05) is 0 Å². The maximum Gasteiger partial charge on any atom is 0.0370 e. The molecule has 0 amide bonds. The van der Waals surface area contributed by atoms with E-state index in [0.29, 0.717) is 5.92 Å². The maximum atomic E-state index is 3.74. The minimum Gasteiger partial charge on any atom is -0.0648 e. The lowest BCUT2D eigenvalue weighted by Gasteiger charge is -2.20. The van der Waals surface area contributed by atoms with Gasteiger partial charge in [-0.25, -0.2) is 0 Å². The van der Waals surface area contributed by atoms with Crippen molar-refractivity contribution < 1.29 is 0 Å². The van der Waals surface area contributed by atoms with E-state index in [-0.39, 0.29) is 5.04 Å². The van der Waals surface area contributed by atoms with Crippen LogP contribution in [0.15, 0.2) is 24.3 Å². The zero-order chi connectivity index (χ0) is 10.8. The van der Waals surface area contributed by atoms with Gasteiger partial charge in [0.1, 0.15) is 0 Å². The Morgan fingerprint density at radius 3 is 2.50 bits per heavy atom. The van der Waals surface area contributed by atoms with Gasteiger partial charge in [-0.2, -0.15) is 0 Å². The second kappa shape index (κ2) is 4.31. The number of hydrogen-bond donors (Lipinski definition) is 0. The first-order valence-corrected chi connectivity index (χ1v) is 5.80. The van der Waals surface area contributed by atoms with Crippen LogP contribution < -0.4 is 0 Å². The molecule has 0 aliphatic rings. The predicted octanol–water partition coefficient (Wildman–Crippen LogP) is 3.60. The Morgan fingerprint density at radius 2 is 2.00 bits per heavy atom. The number of benzene rings is 1. The third-order valence-electron chi connectivity index (χ3n) is 2.79. The highest BCUT2D eigenvalue weighted by atomic mass is 28.1. The third kappa shape index (κ3) is 2.71. The molecule has 0 aromatic heterocycles. The molecule has 1 heteroatoms. The van der Waals surface area contributed by atoms with Crippen LogP contribution in [0.3, 0.4) is 0 Å². The Kier molecular flexibility index (Phi) is 3.54. The first-order valence-electron chi connectivity index (χ1n) is 5.30. The Morgan fingerprint density at radius 1 is 1.36 bits per heavy atom. The molecule has 3 radical (unpaired) electrons. The summed E-state index contributed by atoms with van der Waals surface area (Å²) in [7, 11) is 3.74. The molecule has 14 heavy (non-hydrogen) atoms. The van der Waals surface area contributed by atoms with Gasteiger partial charge in [-0.05, 0) is 28.5 Å². The van der Waals surface area contributed by atoms with E-state index >= 15 is 0 Å². The lowest BCUT2D eigenvalue weighted by Crippen LogP contribution is -2.16. The van der Waals surface area contributed by atoms with Gasteiger partial charge >= 0.3 is 0 Å². The molecular weight excluding hydrogens is 184 g/mol. The fourth-order valence-corrected chi connectivity index (χ4v) is 1.63. The average molecular weight is 203 g/mol. The van der Waals surface area contributed by atoms with Crippen LogP contribution in [0.2, 0.25) is 0 Å². The molecule has 0 bridgehead atoms. The molecule has 0 saturated heterocycles. The van der Waals surface area contributed by atoms with Crippen molar-refractivity contribution in [1.29, 1.82) is 0 Å². The lowest BCUT2D eigenvalue weighted by molar-refractivity contribution is 0.719. The summed E-state index contributed by atoms with van der Waals surface area (Å²) in [5.41, 5.74) is 2.79. The van der Waals surface area contributed by atoms with E-state index in [0.717, 1.165) is 0 Å². The monoisotopic (exact) mass is 203 g/mol. The van der Waals surface area contributed by atoms with Gasteiger partial charge in [0.05, 0.1) is 0 Å². The standard InChI is InChI=1S/C13H19Si/c1-5-10(2)11-7-6-8-12(9-11)13(3,4)14/h6-10H,5H2,1-4H3. The van der Waals surface area contributed by atoms with E-state index in [1.165, 1.54) is 17.5 Å². The molecule has 75 valence electrons. The van der Waals surface area contributed by atoms with Crippen LogP contribution >= 0.6 is 0 Å². The molecular formula is C13H19Si. The fraction of sp³-hybridized carbons (Fsp3) is 0.538. The molecule has 0 heterocycles. The van der Waals surface area contributed by atoms with Gasteiger partial charge in [0.2, 0.25) is 0 Å². The topological polar surface area (TPSA) is 0 Å². The van der Waals surface area contributed by atoms with Crippen molar-refractivity contribution in [3.63, 3.8) is 0 Å². The largest absolute Gasteiger partial charge is 0.0648 e. The summed E-state index contributed by atoms with van der Waals surface area (Å²) in [6, 6.07) is 8.86. The van der Waals surface area contributed by atoms with Gasteiger partial charge in [-0.3, -0.25) is 0 Å². The van der Waals surface area contributed by atoms with Gasteiger partial charge in [-0.15, -0.1) is 0 Å². The van der Waals surface area contributed by atoms with Crippen molar-refractivity contribution >= 4 is 10.2 Å². The molecule has 0 spiro atoms. The normalized spacial score (nSPS) is 14.1. The average Bonchev–Trinajstić information content (AvgIpc) is 2.15. The first-order chi connectivity index (χ1) is 6.45. The van der Waals surface area contributed by atoms with Crippen LogP contribution in [-0.4, -0.2) is 10.2 Å². The second-order valence-electron chi connectivity index (χ2n) is 4.56. The highest BCUT2D eigenvalue weighted by Crippen LogP contribution is 2.24. The van der Waals surface area contributed by atoms with E-state index in [1.807, 2.05) is 0 Å². The number of rotatable bonds is 3. The molecule has 1 rings (SSSR count). The van der Waals surface area contributed by atoms with Gasteiger partial charge in [0.25, 0.3) is 0 Å². The van der Waals surface area contributed by atoms with E-state index in [2.05, 4.69) is 62.2 Å². The Labute approximate surface area is 91.2 Å². The van der Waals surface area contributed by atoms with E-state index in [4.69, 9.17) is 0 Å². The predicted molar refractivity (Wildman–Crippen MR) is 63.9 cm³/mol. The zero-order valence-electron chi connectivity index (χ0n) is 9.59. The summed E-state index contributed by atoms with van der Waals surface area (Å²) in [4.78, 5) is 0. The molecule has 1 atom stereocenters. The second-order valence-corrected chi connectivity index (χ2v) is 5.81. The summed E-state index contributed by atoms with van der Waals surface area (Å²) in [6.07, 6.45) is 1.20. The highest BCUT2D eigenvalue weighted by Gasteiger charge is 2.14. The van der Waals surface area contributed by atoms with Crippen LogP contribution in [-0.2, 0) is 5.04 Å². The fourth-order valence-electron chi connectivity index (χ4n) is 1.47. The van der Waals surface area contributed by atoms with E-state index in [1.54, 1.807) is 0 Å². The molecule has 1 aromatic rings. The van der Waals surface area contributed by atoms with Crippen molar-refractivity contribution in [3.8, 4) is 0 Å². The summed E-state index contributed by atoms with van der Waals surface area (Å²) in [5.74, 6) is 0.656. The van der Waals surface area contributed by atoms with Crippen LogP contribution in [0.1, 0.15) is 51.2 Å². The van der Waals surface area contributed by atoms with Gasteiger partial charge in [-0.1, -0.05) is 52.0 Å². The molecule has 0 fully saturated rings. The SMILES string of the molecule is CCC(C)c1cccc(C(C)(C)[Si])c1. The zero-order valence-corrected chi connectivity index (χ0v) is 10.6. The van der Waals surface area contributed by atoms with Crippen LogP contribution in [0, 0.1) is 0 Å². The Hall–Kier alpha value is -0.563. The maximum absolute atomic E-state index is 3.74. The minimum atomic E-state index is 0.0729. The van der Waals surface area contributed by atoms with Crippen LogP contribution in [0.4, 0.5) is 0 Å². The summed E-state index contributed by atoms with van der Waals surface area (Å²) in [6.45, 7) is 8.87. The van der Waals surface area contributed by atoms with Crippen molar-refractivity contribution in [2.24, 2.45) is 0 Å². The third-order valence-corrected chi connectivity index (χ3v) is 3.08. The van der Waals surface area contributed by atoms with Gasteiger partial charge in [0, 0.05) is 10.2 Å². The van der Waals surface area contributed by atoms with E-state index < -0.39 is 0 Å². The van der Waals surface area contributed by atoms with Gasteiger partial charge in [0.15, 0.2) is 0 Å². The molecule has 1 unspecified atom stereocenters. The van der Waals surface area contributed by atoms with Crippen LogP contribution in [0.5, 0.6) is 0 Å². The summed E-state index contributed by atoms with van der Waals surface area (Å²) >= 11 is 0. The smallest absolute Gasteiger partial charge is 0.0370 e. The van der Waals surface area contributed by atoms with E-state index in [9.17, 15) is 0 Å². The highest BCUT2D eigenvalue weighted by molar-refractivity contribution is 6.15. The summed E-state index contributed by atoms with van der Waals surface area (Å²) < 4.78 is 0. The van der Waals surface area contributed by atoms with Crippen LogP contribution in [0.25, 0.3) is 0 Å². The number of hydrogen-bond acceptors (Lipinski definition) is 0. The molecule has 0 saturated carbocycles. The Balaban J connectivity index is 3.01. The molecule has 0 nitrogen and oxygen atoms in total. The molecule has 0 aliphatic carbocycles. The minimum absolute atomic E-state index is 0.0729. The van der Waals surface area contributed by atoms with Crippen molar-refractivity contribution in [1.82, 2.24) is 0 Å². The molecule has 0 N–H and O–H groups in total. The lowest BCUT2D eigenvalue weighted by atomic mass is 9.93. The van der Waals surface area contributed by atoms with Crippen molar-refractivity contribution in [3.05, 3.63) is 35.4 Å².